The first-order valence-corrected chi connectivity index (χ1v) is 1.49. The summed E-state index contributed by atoms with van der Waals surface area (Å²) in [6, 6.07) is 0. The minimum absolute atomic E-state index is 0. The molecule has 0 aromatic rings. The third-order valence-electron chi connectivity index (χ3n) is 0.302. The van der Waals surface area contributed by atoms with Gasteiger partial charge in [-0.05, 0) is 0 Å². The fourth-order valence-corrected chi connectivity index (χ4v) is 0. The number of hydrogen-bond acceptors (Lipinski definition) is 1. The molecule has 0 spiro atoms. The Labute approximate surface area is 57.8 Å². The fourth-order valence-electron chi connectivity index (χ4n) is 0. The van der Waals surface area contributed by atoms with Gasteiger partial charge < -0.3 is 32.5 Å². The average Bonchev–Trinajstić information content (AvgIpc) is 1.38. The van der Waals surface area contributed by atoms with Crippen molar-refractivity contribution in [2.24, 2.45) is 0 Å². The molecule has 0 saturated carbocycles. The lowest BCUT2D eigenvalue weighted by molar-refractivity contribution is -0.136. The first kappa shape index (κ1) is 59.3. The lowest BCUT2D eigenvalue weighted by Gasteiger charge is -1.71. The largest absolute Gasteiger partial charge is 0.481 e. The molecule has 0 aliphatic carbocycles. The van der Waals surface area contributed by atoms with E-state index in [1.807, 2.05) is 0 Å². The van der Waals surface area contributed by atoms with E-state index >= 15 is 0 Å². The maximum atomic E-state index is 9.37. The van der Waals surface area contributed by atoms with Gasteiger partial charge in [-0.15, -0.1) is 0 Å². The molecule has 0 aromatic carbocycles. The van der Waals surface area contributed by atoms with Gasteiger partial charge in [-0.1, -0.05) is 6.92 Å². The monoisotopic (exact) mass is 164 g/mol. The summed E-state index contributed by atoms with van der Waals surface area (Å²) in [6.45, 7) is 1.60. The summed E-state index contributed by atoms with van der Waals surface area (Å²) in [6.07, 6.45) is 0.222. The molecular weight excluding hydrogens is 148 g/mol. The molecule has 11 N–H and O–H groups in total. The van der Waals surface area contributed by atoms with E-state index in [4.69, 9.17) is 5.11 Å². The topological polar surface area (TPSA) is 195 Å². The normalized spacial score (nSPS) is 3.70. The molecule has 10 heavy (non-hydrogen) atoms. The standard InChI is InChI=1S/C3H6O2.5H2O/c1-2-3(4)5;;;;;/h2H2,1H3,(H,4,5);5*1H2. The minimum atomic E-state index is -0.745. The molecule has 0 bridgehead atoms. The van der Waals surface area contributed by atoms with Crippen molar-refractivity contribution in [3.05, 3.63) is 0 Å². The van der Waals surface area contributed by atoms with Gasteiger partial charge in [0.1, 0.15) is 0 Å². The van der Waals surface area contributed by atoms with Crippen LogP contribution in [0.15, 0.2) is 0 Å². The summed E-state index contributed by atoms with van der Waals surface area (Å²) in [5.74, 6) is -0.745. The average molecular weight is 164 g/mol. The van der Waals surface area contributed by atoms with E-state index in [0.29, 0.717) is 0 Å². The highest BCUT2D eigenvalue weighted by molar-refractivity contribution is 5.66. The van der Waals surface area contributed by atoms with Crippen LogP contribution in [0, 0.1) is 0 Å². The molecule has 0 heterocycles. The maximum Gasteiger partial charge on any atom is 0.303 e. The van der Waals surface area contributed by atoms with Crippen LogP contribution < -0.4 is 0 Å². The first-order valence-electron chi connectivity index (χ1n) is 1.49. The summed E-state index contributed by atoms with van der Waals surface area (Å²) in [5, 5.41) is 7.72. The van der Waals surface area contributed by atoms with E-state index in [1.54, 1.807) is 6.92 Å². The van der Waals surface area contributed by atoms with Crippen LogP contribution in [-0.2, 0) is 4.79 Å². The SMILES string of the molecule is CCC(=O)O.O.O.O.O.O. The van der Waals surface area contributed by atoms with Crippen molar-refractivity contribution in [2.45, 2.75) is 13.3 Å². The summed E-state index contributed by atoms with van der Waals surface area (Å²) in [7, 11) is 0. The van der Waals surface area contributed by atoms with Crippen LogP contribution in [0.2, 0.25) is 0 Å². The molecule has 0 aromatic heterocycles. The Kier molecular flexibility index (Phi) is 242. The highest BCUT2D eigenvalue weighted by atomic mass is 16.4. The molecule has 0 unspecified atom stereocenters. The van der Waals surface area contributed by atoms with Gasteiger partial charge in [0.15, 0.2) is 0 Å². The van der Waals surface area contributed by atoms with Crippen molar-refractivity contribution in [2.75, 3.05) is 0 Å². The van der Waals surface area contributed by atoms with Crippen LogP contribution in [0.25, 0.3) is 0 Å². The molecule has 0 saturated heterocycles. The maximum absolute atomic E-state index is 9.37. The van der Waals surface area contributed by atoms with E-state index < -0.39 is 5.97 Å². The van der Waals surface area contributed by atoms with Crippen molar-refractivity contribution < 1.29 is 37.3 Å². The van der Waals surface area contributed by atoms with Crippen molar-refractivity contribution in [1.29, 1.82) is 0 Å². The van der Waals surface area contributed by atoms with Gasteiger partial charge >= 0.3 is 5.97 Å². The molecule has 0 atom stereocenters. The van der Waals surface area contributed by atoms with Crippen molar-refractivity contribution in [1.82, 2.24) is 0 Å². The van der Waals surface area contributed by atoms with Gasteiger partial charge in [0.05, 0.1) is 0 Å². The quantitative estimate of drug-likeness (QED) is 0.417. The Morgan fingerprint density at radius 3 is 1.20 bits per heavy atom. The van der Waals surface area contributed by atoms with Crippen LogP contribution in [0.1, 0.15) is 13.3 Å². The lowest BCUT2D eigenvalue weighted by atomic mass is 10.5. The molecule has 7 nitrogen and oxygen atoms in total. The Morgan fingerprint density at radius 1 is 1.10 bits per heavy atom. The number of carboxylic acid groups (broad SMARTS) is 1. The Morgan fingerprint density at radius 2 is 1.20 bits per heavy atom. The van der Waals surface area contributed by atoms with Crippen molar-refractivity contribution in [3.8, 4) is 0 Å². The summed E-state index contributed by atoms with van der Waals surface area (Å²) < 4.78 is 0. The van der Waals surface area contributed by atoms with E-state index in [1.165, 1.54) is 0 Å². The summed E-state index contributed by atoms with van der Waals surface area (Å²) in [5.41, 5.74) is 0. The van der Waals surface area contributed by atoms with Gasteiger partial charge in [-0.3, -0.25) is 4.79 Å². The Hall–Kier alpha value is -0.730. The van der Waals surface area contributed by atoms with Gasteiger partial charge in [0, 0.05) is 6.42 Å². The van der Waals surface area contributed by atoms with E-state index in [9.17, 15) is 4.79 Å². The third-order valence-corrected chi connectivity index (χ3v) is 0.302. The van der Waals surface area contributed by atoms with Crippen LogP contribution in [0.4, 0.5) is 0 Å². The second-order valence-corrected chi connectivity index (χ2v) is 0.747. The summed E-state index contributed by atoms with van der Waals surface area (Å²) >= 11 is 0. The number of carboxylic acids is 1. The van der Waals surface area contributed by atoms with Crippen molar-refractivity contribution in [3.63, 3.8) is 0 Å². The zero-order valence-electron chi connectivity index (χ0n) is 5.56. The fraction of sp³-hybridized carbons (Fsp3) is 0.667. The molecule has 70 valence electrons. The summed E-state index contributed by atoms with van der Waals surface area (Å²) in [4.78, 5) is 9.37. The second kappa shape index (κ2) is 40.9. The van der Waals surface area contributed by atoms with Crippen LogP contribution in [-0.4, -0.2) is 38.5 Å². The van der Waals surface area contributed by atoms with Gasteiger partial charge in [-0.25, -0.2) is 0 Å². The highest BCUT2D eigenvalue weighted by Gasteiger charge is 1.80. The van der Waals surface area contributed by atoms with Crippen LogP contribution in [0.5, 0.6) is 0 Å². The Balaban J connectivity index is -0.00000000800. The number of rotatable bonds is 1. The van der Waals surface area contributed by atoms with E-state index in [0.717, 1.165) is 0 Å². The van der Waals surface area contributed by atoms with Gasteiger partial charge in [0.25, 0.3) is 0 Å². The lowest BCUT2D eigenvalue weighted by Crippen LogP contribution is -1.86. The van der Waals surface area contributed by atoms with Gasteiger partial charge in [0.2, 0.25) is 0 Å². The molecule has 0 rings (SSSR count). The molecule has 7 heteroatoms. The van der Waals surface area contributed by atoms with Crippen LogP contribution in [0.3, 0.4) is 0 Å². The molecule has 0 amide bonds. The Bertz CT molecular complexity index is 44.1. The van der Waals surface area contributed by atoms with Crippen LogP contribution >= 0.6 is 0 Å². The second-order valence-electron chi connectivity index (χ2n) is 0.747. The van der Waals surface area contributed by atoms with E-state index in [2.05, 4.69) is 0 Å². The minimum Gasteiger partial charge on any atom is -0.481 e. The zero-order valence-corrected chi connectivity index (χ0v) is 5.56. The molecule has 0 aliphatic rings. The molecule has 0 fully saturated rings. The predicted molar refractivity (Wildman–Crippen MR) is 36.0 cm³/mol. The molecular formula is C3H16O7. The third kappa shape index (κ3) is 177. The first-order chi connectivity index (χ1) is 2.27. The number of aliphatic carboxylic acids is 1. The predicted octanol–water partition coefficient (Wildman–Crippen LogP) is -3.64. The smallest absolute Gasteiger partial charge is 0.303 e. The van der Waals surface area contributed by atoms with Crippen molar-refractivity contribution >= 4 is 5.97 Å². The number of carbonyl (C=O) groups is 1. The van der Waals surface area contributed by atoms with Gasteiger partial charge in [-0.2, -0.15) is 0 Å². The molecule has 0 radical (unpaired) electrons. The number of hydrogen-bond donors (Lipinski definition) is 1. The zero-order chi connectivity index (χ0) is 4.28. The van der Waals surface area contributed by atoms with E-state index in [-0.39, 0.29) is 33.8 Å². The molecule has 0 aliphatic heterocycles. The highest BCUT2D eigenvalue weighted by Crippen LogP contribution is 1.67.